The molecule has 134 valence electrons. The van der Waals surface area contributed by atoms with Gasteiger partial charge in [-0.15, -0.1) is 0 Å². The van der Waals surface area contributed by atoms with Crippen LogP contribution in [0.25, 0.3) is 0 Å². The van der Waals surface area contributed by atoms with Gasteiger partial charge < -0.3 is 15.7 Å². The van der Waals surface area contributed by atoms with Crippen LogP contribution in [0.15, 0.2) is 0 Å². The van der Waals surface area contributed by atoms with E-state index in [1.54, 1.807) is 6.92 Å². The molecule has 2 amide bonds. The van der Waals surface area contributed by atoms with Crippen LogP contribution in [-0.4, -0.2) is 35.5 Å². The van der Waals surface area contributed by atoms with Crippen molar-refractivity contribution in [2.45, 2.75) is 78.2 Å². The first-order valence-corrected chi connectivity index (χ1v) is 8.65. The summed E-state index contributed by atoms with van der Waals surface area (Å²) in [5, 5.41) is 14.2. The monoisotopic (exact) mass is 328 g/mol. The SMILES string of the molecule is CCC(=O)NC(CCC(=O)NCCCCCCC(C)C)C(=O)O. The van der Waals surface area contributed by atoms with E-state index in [9.17, 15) is 14.4 Å². The van der Waals surface area contributed by atoms with Gasteiger partial charge in [0.15, 0.2) is 0 Å². The Bertz CT molecular complexity index is 370. The Morgan fingerprint density at radius 1 is 0.957 bits per heavy atom. The summed E-state index contributed by atoms with van der Waals surface area (Å²) in [5.41, 5.74) is 0. The van der Waals surface area contributed by atoms with Gasteiger partial charge in [-0.3, -0.25) is 9.59 Å². The Balaban J connectivity index is 3.75. The zero-order valence-electron chi connectivity index (χ0n) is 14.7. The van der Waals surface area contributed by atoms with Crippen molar-refractivity contribution in [1.29, 1.82) is 0 Å². The lowest BCUT2D eigenvalue weighted by Crippen LogP contribution is -2.41. The first-order valence-electron chi connectivity index (χ1n) is 8.65. The van der Waals surface area contributed by atoms with Gasteiger partial charge in [0.1, 0.15) is 6.04 Å². The number of unbranched alkanes of at least 4 members (excludes halogenated alkanes) is 3. The molecule has 1 unspecified atom stereocenters. The zero-order chi connectivity index (χ0) is 17.7. The molecule has 0 saturated carbocycles. The largest absolute Gasteiger partial charge is 0.480 e. The second-order valence-electron chi connectivity index (χ2n) is 6.30. The average molecular weight is 328 g/mol. The predicted molar refractivity (Wildman–Crippen MR) is 90.0 cm³/mol. The van der Waals surface area contributed by atoms with E-state index in [4.69, 9.17) is 5.11 Å². The van der Waals surface area contributed by atoms with Crippen molar-refractivity contribution in [3.05, 3.63) is 0 Å². The standard InChI is InChI=1S/C17H32N2O4/c1-4-15(20)19-14(17(22)23)10-11-16(21)18-12-8-6-5-7-9-13(2)3/h13-14H,4-12H2,1-3H3,(H,18,21)(H,19,20)(H,22,23). The molecule has 0 saturated heterocycles. The number of aliphatic carboxylic acids is 1. The van der Waals surface area contributed by atoms with E-state index in [0.717, 1.165) is 18.8 Å². The first kappa shape index (κ1) is 21.4. The van der Waals surface area contributed by atoms with Crippen LogP contribution >= 0.6 is 0 Å². The van der Waals surface area contributed by atoms with E-state index in [-0.39, 0.29) is 31.1 Å². The van der Waals surface area contributed by atoms with E-state index in [0.29, 0.717) is 6.54 Å². The molecule has 6 heteroatoms. The van der Waals surface area contributed by atoms with Crippen LogP contribution in [0.3, 0.4) is 0 Å². The highest BCUT2D eigenvalue weighted by atomic mass is 16.4. The first-order chi connectivity index (χ1) is 10.9. The molecule has 23 heavy (non-hydrogen) atoms. The summed E-state index contributed by atoms with van der Waals surface area (Å²) < 4.78 is 0. The topological polar surface area (TPSA) is 95.5 Å². The second-order valence-corrected chi connectivity index (χ2v) is 6.30. The maximum Gasteiger partial charge on any atom is 0.326 e. The van der Waals surface area contributed by atoms with Crippen LogP contribution in [0.4, 0.5) is 0 Å². The van der Waals surface area contributed by atoms with Crippen molar-refractivity contribution in [3.63, 3.8) is 0 Å². The minimum atomic E-state index is -1.11. The summed E-state index contributed by atoms with van der Waals surface area (Å²) in [5.74, 6) is -0.849. The average Bonchev–Trinajstić information content (AvgIpc) is 2.49. The lowest BCUT2D eigenvalue weighted by molar-refractivity contribution is -0.142. The van der Waals surface area contributed by atoms with Gasteiger partial charge in [0.05, 0.1) is 0 Å². The second kappa shape index (κ2) is 12.9. The van der Waals surface area contributed by atoms with Gasteiger partial charge in [-0.1, -0.05) is 46.5 Å². The van der Waals surface area contributed by atoms with Crippen molar-refractivity contribution in [2.24, 2.45) is 5.92 Å². The predicted octanol–water partition coefficient (Wildman–Crippen LogP) is 2.47. The third-order valence-corrected chi connectivity index (χ3v) is 3.64. The molecule has 0 radical (unpaired) electrons. The van der Waals surface area contributed by atoms with Crippen LogP contribution in [0.1, 0.15) is 72.1 Å². The van der Waals surface area contributed by atoms with Crippen LogP contribution < -0.4 is 10.6 Å². The van der Waals surface area contributed by atoms with Crippen LogP contribution in [-0.2, 0) is 14.4 Å². The van der Waals surface area contributed by atoms with Crippen molar-refractivity contribution >= 4 is 17.8 Å². The highest BCUT2D eigenvalue weighted by Crippen LogP contribution is 2.09. The molecule has 1 atom stereocenters. The summed E-state index contributed by atoms with van der Waals surface area (Å²) in [6.45, 7) is 6.71. The molecule has 0 aromatic heterocycles. The molecule has 0 aromatic rings. The van der Waals surface area contributed by atoms with Gasteiger partial charge in [0.2, 0.25) is 11.8 Å². The number of hydrogen-bond donors (Lipinski definition) is 3. The molecule has 0 aliphatic carbocycles. The molecule has 0 fully saturated rings. The molecule has 0 spiro atoms. The van der Waals surface area contributed by atoms with Gasteiger partial charge >= 0.3 is 5.97 Å². The van der Waals surface area contributed by atoms with Gasteiger partial charge in [0, 0.05) is 19.4 Å². The number of carbonyl (C=O) groups excluding carboxylic acids is 2. The minimum absolute atomic E-state index is 0.105. The third kappa shape index (κ3) is 12.6. The summed E-state index contributed by atoms with van der Waals surface area (Å²) in [6.07, 6.45) is 6.13. The molecule has 0 aliphatic heterocycles. The molecule has 0 aromatic carbocycles. The highest BCUT2D eigenvalue weighted by Gasteiger charge is 2.20. The summed E-state index contributed by atoms with van der Waals surface area (Å²) in [4.78, 5) is 33.9. The summed E-state index contributed by atoms with van der Waals surface area (Å²) >= 11 is 0. The number of amides is 2. The molecule has 0 bridgehead atoms. The van der Waals surface area contributed by atoms with Gasteiger partial charge in [-0.25, -0.2) is 4.79 Å². The van der Waals surface area contributed by atoms with E-state index >= 15 is 0 Å². The fourth-order valence-electron chi connectivity index (χ4n) is 2.18. The summed E-state index contributed by atoms with van der Waals surface area (Å²) in [7, 11) is 0. The van der Waals surface area contributed by atoms with Crippen LogP contribution in [0.5, 0.6) is 0 Å². The van der Waals surface area contributed by atoms with E-state index in [2.05, 4.69) is 24.5 Å². The van der Waals surface area contributed by atoms with Crippen molar-refractivity contribution in [2.75, 3.05) is 6.54 Å². The van der Waals surface area contributed by atoms with Crippen molar-refractivity contribution < 1.29 is 19.5 Å². The number of hydrogen-bond acceptors (Lipinski definition) is 3. The van der Waals surface area contributed by atoms with E-state index in [1.165, 1.54) is 19.3 Å². The zero-order valence-corrected chi connectivity index (χ0v) is 14.7. The Labute approximate surface area is 139 Å². The molecular weight excluding hydrogens is 296 g/mol. The van der Waals surface area contributed by atoms with E-state index in [1.807, 2.05) is 0 Å². The number of nitrogens with one attached hydrogen (secondary N) is 2. The van der Waals surface area contributed by atoms with Gasteiger partial charge in [0.25, 0.3) is 0 Å². The Kier molecular flexibility index (Phi) is 12.0. The van der Waals surface area contributed by atoms with Gasteiger partial charge in [-0.05, 0) is 18.8 Å². The number of carbonyl (C=O) groups is 3. The molecule has 6 nitrogen and oxygen atoms in total. The summed E-state index contributed by atoms with van der Waals surface area (Å²) in [6, 6.07) is -0.996. The van der Waals surface area contributed by atoms with E-state index < -0.39 is 12.0 Å². The number of carboxylic acid groups (broad SMARTS) is 1. The normalized spacial score (nSPS) is 12.0. The highest BCUT2D eigenvalue weighted by molar-refractivity contribution is 5.84. The Morgan fingerprint density at radius 3 is 2.17 bits per heavy atom. The number of carboxylic acids is 1. The Hall–Kier alpha value is -1.59. The smallest absolute Gasteiger partial charge is 0.326 e. The molecule has 3 N–H and O–H groups in total. The lowest BCUT2D eigenvalue weighted by Gasteiger charge is -2.13. The van der Waals surface area contributed by atoms with Crippen molar-refractivity contribution in [1.82, 2.24) is 10.6 Å². The lowest BCUT2D eigenvalue weighted by atomic mass is 10.0. The van der Waals surface area contributed by atoms with Crippen molar-refractivity contribution in [3.8, 4) is 0 Å². The fraction of sp³-hybridized carbons (Fsp3) is 0.824. The maximum absolute atomic E-state index is 11.7. The molecule has 0 rings (SSSR count). The number of rotatable bonds is 13. The fourth-order valence-corrected chi connectivity index (χ4v) is 2.18. The third-order valence-electron chi connectivity index (χ3n) is 3.64. The van der Waals surface area contributed by atoms with Crippen LogP contribution in [0.2, 0.25) is 0 Å². The maximum atomic E-state index is 11.7. The van der Waals surface area contributed by atoms with Gasteiger partial charge in [-0.2, -0.15) is 0 Å². The minimum Gasteiger partial charge on any atom is -0.480 e. The molecule has 0 heterocycles. The quantitative estimate of drug-likeness (QED) is 0.453. The molecular formula is C17H32N2O4. The Morgan fingerprint density at radius 2 is 1.61 bits per heavy atom. The van der Waals surface area contributed by atoms with Crippen LogP contribution in [0, 0.1) is 5.92 Å². The molecule has 0 aliphatic rings.